The number of benzene rings is 1. The van der Waals surface area contributed by atoms with E-state index in [1.54, 1.807) is 6.08 Å². The molecule has 1 spiro atoms. The van der Waals surface area contributed by atoms with Crippen LogP contribution in [0.25, 0.3) is 6.08 Å². The minimum Gasteiger partial charge on any atom is -0.388 e. The Morgan fingerprint density at radius 3 is 2.61 bits per heavy atom. The lowest BCUT2D eigenvalue weighted by Crippen LogP contribution is -2.69. The number of ether oxygens (including phenoxy) is 1. The minimum atomic E-state index is -0.835. The maximum atomic E-state index is 12.5. The molecule has 0 aromatic heterocycles. The van der Waals surface area contributed by atoms with Crippen molar-refractivity contribution in [2.45, 2.75) is 43.4 Å². The first-order chi connectivity index (χ1) is 13.3. The van der Waals surface area contributed by atoms with Crippen LogP contribution in [0.4, 0.5) is 0 Å². The van der Waals surface area contributed by atoms with Crippen molar-refractivity contribution in [3.8, 4) is 0 Å². The van der Waals surface area contributed by atoms with Crippen molar-refractivity contribution < 1.29 is 19.4 Å². The summed E-state index contributed by atoms with van der Waals surface area (Å²) in [4.78, 5) is 25.6. The average Bonchev–Trinajstić information content (AvgIpc) is 2.67. The van der Waals surface area contributed by atoms with E-state index in [-0.39, 0.29) is 18.4 Å². The summed E-state index contributed by atoms with van der Waals surface area (Å²) in [5.41, 5.74) is 4.73. The van der Waals surface area contributed by atoms with Crippen LogP contribution in [0.5, 0.6) is 0 Å². The second-order valence-electron chi connectivity index (χ2n) is 7.96. The second-order valence-corrected chi connectivity index (χ2v) is 7.96. The summed E-state index contributed by atoms with van der Waals surface area (Å²) < 4.78 is 6.02. The molecule has 1 aromatic rings. The molecule has 3 rings (SSSR count). The highest BCUT2D eigenvalue weighted by Crippen LogP contribution is 2.39. The van der Waals surface area contributed by atoms with Crippen LogP contribution < -0.4 is 11.1 Å². The lowest BCUT2D eigenvalue weighted by Gasteiger charge is -2.53. The fraction of sp³-hybridized carbons (Fsp3) is 0.524. The van der Waals surface area contributed by atoms with Gasteiger partial charge in [0.2, 0.25) is 11.8 Å². The number of aliphatic hydroxyl groups excluding tert-OH is 1. The van der Waals surface area contributed by atoms with Crippen molar-refractivity contribution in [2.75, 3.05) is 26.2 Å². The molecular weight excluding hydrogens is 358 g/mol. The zero-order chi connectivity index (χ0) is 20.2. The van der Waals surface area contributed by atoms with E-state index >= 15 is 0 Å². The molecule has 0 radical (unpaired) electrons. The molecule has 0 unspecified atom stereocenters. The number of rotatable bonds is 5. The Morgan fingerprint density at radius 1 is 1.29 bits per heavy atom. The lowest BCUT2D eigenvalue weighted by atomic mass is 9.73. The van der Waals surface area contributed by atoms with Crippen LogP contribution in [-0.2, 0) is 14.3 Å². The number of amides is 2. The summed E-state index contributed by atoms with van der Waals surface area (Å²) in [6.45, 7) is 3.79. The van der Waals surface area contributed by atoms with Gasteiger partial charge < -0.3 is 20.9 Å². The highest BCUT2D eigenvalue weighted by Gasteiger charge is 2.53. The summed E-state index contributed by atoms with van der Waals surface area (Å²) in [5, 5.41) is 14.1. The predicted molar refractivity (Wildman–Crippen MR) is 106 cm³/mol. The van der Waals surface area contributed by atoms with Gasteiger partial charge in [-0.3, -0.25) is 14.5 Å². The largest absolute Gasteiger partial charge is 0.388 e. The summed E-state index contributed by atoms with van der Waals surface area (Å²) in [6.07, 6.45) is 4.12. The fourth-order valence-electron chi connectivity index (χ4n) is 4.18. The molecule has 0 saturated carbocycles. The molecule has 2 fully saturated rings. The molecule has 2 amide bonds. The van der Waals surface area contributed by atoms with Crippen LogP contribution in [-0.4, -0.2) is 65.3 Å². The first-order valence-corrected chi connectivity index (χ1v) is 9.71. The van der Waals surface area contributed by atoms with E-state index in [4.69, 9.17) is 10.5 Å². The first-order valence-electron chi connectivity index (χ1n) is 9.71. The highest BCUT2D eigenvalue weighted by atomic mass is 16.5. The Balaban J connectivity index is 1.64. The summed E-state index contributed by atoms with van der Waals surface area (Å²) >= 11 is 0. The maximum Gasteiger partial charge on any atom is 0.244 e. The van der Waals surface area contributed by atoms with Gasteiger partial charge in [-0.15, -0.1) is 0 Å². The molecule has 152 valence electrons. The van der Waals surface area contributed by atoms with Gasteiger partial charge >= 0.3 is 0 Å². The van der Waals surface area contributed by atoms with E-state index in [1.165, 1.54) is 6.08 Å². The monoisotopic (exact) mass is 387 g/mol. The van der Waals surface area contributed by atoms with Gasteiger partial charge in [-0.05, 0) is 37.8 Å². The van der Waals surface area contributed by atoms with E-state index in [0.717, 1.165) is 5.56 Å². The molecule has 0 aliphatic carbocycles. The van der Waals surface area contributed by atoms with Gasteiger partial charge in [0.05, 0.1) is 17.7 Å². The third-order valence-corrected chi connectivity index (χ3v) is 5.83. The van der Waals surface area contributed by atoms with Crippen molar-refractivity contribution >= 4 is 17.9 Å². The molecule has 2 atom stereocenters. The molecule has 7 heteroatoms. The second kappa shape index (κ2) is 8.43. The molecular formula is C21H29N3O4. The van der Waals surface area contributed by atoms with Gasteiger partial charge in [-0.2, -0.15) is 0 Å². The van der Waals surface area contributed by atoms with Crippen molar-refractivity contribution in [3.05, 3.63) is 42.0 Å². The summed E-state index contributed by atoms with van der Waals surface area (Å²) in [7, 11) is 0. The van der Waals surface area contributed by atoms with E-state index in [2.05, 4.69) is 5.32 Å². The number of hydrogen-bond donors (Lipinski definition) is 3. The third-order valence-electron chi connectivity index (χ3n) is 5.83. The maximum absolute atomic E-state index is 12.5. The minimum absolute atomic E-state index is 0.213. The normalized spacial score (nSPS) is 27.7. The Bertz CT molecular complexity index is 728. The molecule has 2 heterocycles. The average molecular weight is 387 g/mol. The molecule has 2 saturated heterocycles. The van der Waals surface area contributed by atoms with Gasteiger partial charge in [-0.25, -0.2) is 0 Å². The molecule has 0 bridgehead atoms. The quantitative estimate of drug-likeness (QED) is 0.645. The molecule has 7 nitrogen and oxygen atoms in total. The van der Waals surface area contributed by atoms with Crippen molar-refractivity contribution in [1.82, 2.24) is 10.2 Å². The van der Waals surface area contributed by atoms with Crippen LogP contribution in [0.1, 0.15) is 31.7 Å². The zero-order valence-electron chi connectivity index (χ0n) is 16.3. The number of aliphatic hydroxyl groups is 1. The smallest absolute Gasteiger partial charge is 0.244 e. The standard InChI is InChI=1S/C21H29N3O4/c1-20(23-18(26)8-7-16-5-3-2-4-6-16)11-14-28-21(19(20)27)9-12-24(13-10-21)15-17(22)25/h2-8,19,27H,9-15H2,1H3,(H2,22,25)(H,23,26)/t19-,20+/m1/s1. The summed E-state index contributed by atoms with van der Waals surface area (Å²) in [5.74, 6) is -0.600. The number of hydrogen-bond acceptors (Lipinski definition) is 5. The van der Waals surface area contributed by atoms with Crippen LogP contribution >= 0.6 is 0 Å². The van der Waals surface area contributed by atoms with Gasteiger partial charge in [0, 0.05) is 25.8 Å². The Hall–Kier alpha value is -2.22. The number of carbonyl (C=O) groups excluding carboxylic acids is 2. The highest BCUT2D eigenvalue weighted by molar-refractivity contribution is 5.92. The predicted octanol–water partition coefficient (Wildman–Crippen LogP) is 0.676. The van der Waals surface area contributed by atoms with Gasteiger partial charge in [-0.1, -0.05) is 30.3 Å². The molecule has 2 aliphatic heterocycles. The van der Waals surface area contributed by atoms with E-state index in [0.29, 0.717) is 39.0 Å². The summed E-state index contributed by atoms with van der Waals surface area (Å²) in [6, 6.07) is 9.59. The van der Waals surface area contributed by atoms with Gasteiger partial charge in [0.1, 0.15) is 6.10 Å². The zero-order valence-corrected chi connectivity index (χ0v) is 16.3. The van der Waals surface area contributed by atoms with E-state index < -0.39 is 17.2 Å². The molecule has 28 heavy (non-hydrogen) atoms. The number of carbonyl (C=O) groups is 2. The fourth-order valence-corrected chi connectivity index (χ4v) is 4.18. The van der Waals surface area contributed by atoms with E-state index in [9.17, 15) is 14.7 Å². The van der Waals surface area contributed by atoms with Crippen LogP contribution in [0.15, 0.2) is 36.4 Å². The Labute approximate surface area is 165 Å². The Morgan fingerprint density at radius 2 is 1.96 bits per heavy atom. The number of nitrogens with zero attached hydrogens (tertiary/aromatic N) is 1. The number of primary amides is 1. The number of nitrogens with two attached hydrogens (primary N) is 1. The number of likely N-dealkylation sites (tertiary alicyclic amines) is 1. The van der Waals surface area contributed by atoms with Crippen molar-refractivity contribution in [1.29, 1.82) is 0 Å². The van der Waals surface area contributed by atoms with E-state index in [1.807, 2.05) is 42.2 Å². The van der Waals surface area contributed by atoms with Crippen LogP contribution in [0.2, 0.25) is 0 Å². The molecule has 1 aromatic carbocycles. The number of piperidine rings is 1. The first kappa shape index (κ1) is 20.5. The van der Waals surface area contributed by atoms with Crippen molar-refractivity contribution in [2.24, 2.45) is 5.73 Å². The number of nitrogens with one attached hydrogen (secondary N) is 1. The Kier molecular flexibility index (Phi) is 6.17. The molecule has 2 aliphatic rings. The SMILES string of the molecule is C[C@]1(NC(=O)C=Cc2ccccc2)CCOC2(CCN(CC(N)=O)CC2)[C@@H]1O. The van der Waals surface area contributed by atoms with Crippen LogP contribution in [0, 0.1) is 0 Å². The van der Waals surface area contributed by atoms with Crippen molar-refractivity contribution in [3.63, 3.8) is 0 Å². The van der Waals surface area contributed by atoms with Gasteiger partial charge in [0.25, 0.3) is 0 Å². The lowest BCUT2D eigenvalue weighted by molar-refractivity contribution is -0.207. The molecule has 4 N–H and O–H groups in total. The van der Waals surface area contributed by atoms with Crippen LogP contribution in [0.3, 0.4) is 0 Å². The van der Waals surface area contributed by atoms with Gasteiger partial charge in [0.15, 0.2) is 0 Å². The topological polar surface area (TPSA) is 105 Å². The third kappa shape index (κ3) is 4.60.